The summed E-state index contributed by atoms with van der Waals surface area (Å²) in [7, 11) is -0.529. The summed E-state index contributed by atoms with van der Waals surface area (Å²) in [5.41, 5.74) is -1.20. The van der Waals surface area contributed by atoms with Crippen LogP contribution >= 0.6 is 0 Å². The molecule has 27 heteroatoms. The molecule has 0 aromatic heterocycles. The molecule has 79 heavy (non-hydrogen) atoms. The molecular weight excluding hydrogens is 1120 g/mol. The molecule has 0 radical (unpaired) electrons. The lowest BCUT2D eigenvalue weighted by atomic mass is 9.84. The Bertz CT molecular complexity index is 1360. The molecule has 15 N–H and O–H groups in total. The predicted molar refractivity (Wildman–Crippen MR) is 322 cm³/mol. The van der Waals surface area contributed by atoms with E-state index in [4.69, 9.17) is 77.6 Å². The van der Waals surface area contributed by atoms with Gasteiger partial charge in [0.1, 0.15) is 11.7 Å². The average molecular weight is 1240 g/mol. The van der Waals surface area contributed by atoms with Gasteiger partial charge in [-0.25, -0.2) is 0 Å². The van der Waals surface area contributed by atoms with E-state index in [2.05, 4.69) is 26.2 Å². The van der Waals surface area contributed by atoms with Crippen LogP contribution < -0.4 is 0 Å². The van der Waals surface area contributed by atoms with E-state index in [-0.39, 0.29) is 59.5 Å². The molecule has 0 bridgehead atoms. The highest BCUT2D eigenvalue weighted by molar-refractivity contribution is 6.74. The number of unbranched alkanes of at least 4 members (excludes halogenated alkanes) is 1. The second kappa shape index (κ2) is 49.3. The van der Waals surface area contributed by atoms with Crippen LogP contribution in [0.5, 0.6) is 0 Å². The third kappa shape index (κ3) is 45.2. The van der Waals surface area contributed by atoms with Gasteiger partial charge in [-0.3, -0.25) is 0 Å². The first kappa shape index (κ1) is 85.6. The van der Waals surface area contributed by atoms with Crippen LogP contribution in [-0.2, 0) is 31.6 Å². The van der Waals surface area contributed by atoms with E-state index in [0.717, 1.165) is 86.9 Å². The average Bonchev–Trinajstić information content (AvgIpc) is 3.40. The van der Waals surface area contributed by atoms with Crippen LogP contribution in [0.1, 0.15) is 78.6 Å². The minimum Gasteiger partial charge on any atom is -0.420 e. The van der Waals surface area contributed by atoms with Crippen molar-refractivity contribution >= 4 is 41.6 Å². The van der Waals surface area contributed by atoms with Gasteiger partial charge in [0.25, 0.3) is 0 Å². The summed E-state index contributed by atoms with van der Waals surface area (Å²) in [6, 6.07) is 7.96. The third-order valence-corrected chi connectivity index (χ3v) is 33.6. The zero-order valence-corrected chi connectivity index (χ0v) is 56.4. The maximum Gasteiger partial charge on any atom is 0.194 e. The molecule has 1 rings (SSSR count). The fourth-order valence-electron chi connectivity index (χ4n) is 8.20. The van der Waals surface area contributed by atoms with E-state index in [9.17, 15) is 30.6 Å². The molecule has 1 aliphatic rings. The zero-order valence-electron chi connectivity index (χ0n) is 51.4. The number of aliphatic hydroxyl groups is 15. The summed E-state index contributed by atoms with van der Waals surface area (Å²) in [5.74, 6) is 0.495. The van der Waals surface area contributed by atoms with Crippen molar-refractivity contribution in [3.63, 3.8) is 0 Å². The lowest BCUT2D eigenvalue weighted by molar-refractivity contribution is -0.102. The largest absolute Gasteiger partial charge is 0.420 e. The van der Waals surface area contributed by atoms with Crippen molar-refractivity contribution in [3.05, 3.63) is 0 Å². The monoisotopic (exact) mass is 1240 g/mol. The van der Waals surface area contributed by atoms with Gasteiger partial charge >= 0.3 is 0 Å². The van der Waals surface area contributed by atoms with Crippen LogP contribution in [0.25, 0.3) is 0 Å². The van der Waals surface area contributed by atoms with Gasteiger partial charge < -0.3 is 108 Å². The van der Waals surface area contributed by atoms with Crippen LogP contribution in [0.4, 0.5) is 0 Å². The lowest BCUT2D eigenvalue weighted by Crippen LogP contribution is -2.42. The van der Waals surface area contributed by atoms with Gasteiger partial charge in [0, 0.05) is 81.8 Å². The molecule has 1 saturated carbocycles. The maximum atomic E-state index is 9.76. The van der Waals surface area contributed by atoms with Gasteiger partial charge in [0.15, 0.2) is 41.6 Å². The Morgan fingerprint density at radius 3 is 1.25 bits per heavy atom. The fraction of sp³-hybridized carbons (Fsp3) is 1.00. The van der Waals surface area contributed by atoms with Crippen molar-refractivity contribution in [2.24, 2.45) is 5.92 Å². The minimum atomic E-state index is -1.97. The standard InChI is InChI=1S/C12H28O5Si.C12H26O4Si.C11H26O4Si.C10H24O5Si.C7H18O4Si/c1-11(14)12(2,15)10-17-7-5-8-18(4,16-3)9-6-13;1-16-17(2,8-6-13)7-5-10-3-4-11(14)12(15)9-10;1-10(13)11(14)6-4-5-8-16(3,15-2)9-7-12;1-14-16(2,7-4-11)6-3-5-15-9-10(13)8-12;1-11-12(2,4-3-8)6-7(10)5-9/h11,13-15H,5-10H2,1-4H3;10-15H,3-9H2,1-2H3;10-14H,4-9H2,1-3H3;10-13H,3-9H2,1-2H3;7-10H,3-6H2,1-2H3. The fourth-order valence-corrected chi connectivity index (χ4v) is 18.7. The van der Waals surface area contributed by atoms with Crippen LogP contribution in [0, 0.1) is 5.92 Å². The molecular formula is C52H122O22Si5. The number of hydrogen-bond donors (Lipinski definition) is 15. The van der Waals surface area contributed by atoms with Crippen molar-refractivity contribution in [2.45, 2.75) is 220 Å². The van der Waals surface area contributed by atoms with E-state index in [1.807, 2.05) is 6.55 Å². The van der Waals surface area contributed by atoms with Gasteiger partial charge in [-0.1, -0.05) is 19.3 Å². The highest BCUT2D eigenvalue weighted by Gasteiger charge is 2.34. The Morgan fingerprint density at radius 1 is 0.494 bits per heavy atom. The van der Waals surface area contributed by atoms with E-state index < -0.39 is 89.9 Å². The Hall–Kier alpha value is 0.204. The number of rotatable bonds is 41. The first-order valence-electron chi connectivity index (χ1n) is 28.5. The summed E-state index contributed by atoms with van der Waals surface area (Å²) in [6.07, 6.45) is 2.98. The molecule has 0 heterocycles. The number of ether oxygens (including phenoxy) is 2. The summed E-state index contributed by atoms with van der Waals surface area (Å²) in [6.45, 7) is 16.7. The van der Waals surface area contributed by atoms with Crippen molar-refractivity contribution in [3.8, 4) is 0 Å². The lowest BCUT2D eigenvalue weighted by Gasteiger charge is -2.32. The Balaban J connectivity index is -0.000000447. The maximum absolute atomic E-state index is 9.76. The molecule has 0 amide bonds. The van der Waals surface area contributed by atoms with Gasteiger partial charge in [0.2, 0.25) is 0 Å². The smallest absolute Gasteiger partial charge is 0.194 e. The number of aliphatic hydroxyl groups excluding tert-OH is 14. The Morgan fingerprint density at radius 2 is 0.886 bits per heavy atom. The van der Waals surface area contributed by atoms with Crippen LogP contribution in [0.15, 0.2) is 0 Å². The quantitative estimate of drug-likeness (QED) is 0.0309. The highest BCUT2D eigenvalue weighted by atomic mass is 28.4. The normalized spacial score (nSPS) is 21.9. The molecule has 0 aliphatic heterocycles. The molecule has 0 spiro atoms. The molecule has 1 fully saturated rings. The topological polar surface area (TPSA) is 368 Å². The van der Waals surface area contributed by atoms with Crippen LogP contribution in [-0.4, -0.2) is 275 Å². The molecule has 14 atom stereocenters. The van der Waals surface area contributed by atoms with Gasteiger partial charge in [-0.15, -0.1) is 0 Å². The first-order valence-corrected chi connectivity index (χ1v) is 42.7. The highest BCUT2D eigenvalue weighted by Crippen LogP contribution is 2.32. The van der Waals surface area contributed by atoms with Gasteiger partial charge in [-0.2, -0.15) is 0 Å². The molecule has 0 aromatic rings. The molecule has 482 valence electrons. The summed E-state index contributed by atoms with van der Waals surface area (Å²) in [5, 5.41) is 137. The molecule has 0 aromatic carbocycles. The summed E-state index contributed by atoms with van der Waals surface area (Å²) >= 11 is 0. The Kier molecular flexibility index (Phi) is 53.5. The Labute approximate surface area is 482 Å². The predicted octanol–water partition coefficient (Wildman–Crippen LogP) is 2.48. The van der Waals surface area contributed by atoms with Crippen molar-refractivity contribution in [1.82, 2.24) is 0 Å². The van der Waals surface area contributed by atoms with Gasteiger partial charge in [-0.05, 0) is 158 Å². The first-order chi connectivity index (χ1) is 36.9. The minimum absolute atomic E-state index is 0.0781. The summed E-state index contributed by atoms with van der Waals surface area (Å²) < 4.78 is 37.9. The van der Waals surface area contributed by atoms with Crippen LogP contribution in [0.3, 0.4) is 0 Å². The second-order valence-electron chi connectivity index (χ2n) is 22.8. The third-order valence-electron chi connectivity index (χ3n) is 15.3. The molecule has 22 nitrogen and oxygen atoms in total. The SMILES string of the molecule is CO[Si](C)(CCO)CC(O)CO.CO[Si](C)(CCO)CCC1CCC(O)C(O)C1.CO[Si](C)(CCO)CCCCC(O)C(C)O.CO[Si](C)(CCO)CCCOCC(C)(O)C(C)O.CO[Si](C)(CCO)CCCOCC(O)CO. The molecule has 14 unspecified atom stereocenters. The van der Waals surface area contributed by atoms with Gasteiger partial charge in [0.05, 0.1) is 63.1 Å². The van der Waals surface area contributed by atoms with E-state index >= 15 is 0 Å². The van der Waals surface area contributed by atoms with Crippen LogP contribution in [0.2, 0.25) is 93.2 Å². The van der Waals surface area contributed by atoms with E-state index in [1.165, 1.54) is 0 Å². The van der Waals surface area contributed by atoms with Crippen molar-refractivity contribution in [2.75, 3.05) is 108 Å². The molecule has 1 aliphatic carbocycles. The van der Waals surface area contributed by atoms with E-state index in [0.29, 0.717) is 50.5 Å². The summed E-state index contributed by atoms with van der Waals surface area (Å²) in [4.78, 5) is 0. The van der Waals surface area contributed by atoms with Crippen molar-refractivity contribution < 1.29 is 108 Å². The molecule has 0 saturated heterocycles. The van der Waals surface area contributed by atoms with Crippen molar-refractivity contribution in [1.29, 1.82) is 0 Å². The van der Waals surface area contributed by atoms with E-state index in [1.54, 1.807) is 56.3 Å². The second-order valence-corrected chi connectivity index (χ2v) is 44.2. The number of hydrogen-bond acceptors (Lipinski definition) is 22. The zero-order chi connectivity index (χ0) is 61.8.